The summed E-state index contributed by atoms with van der Waals surface area (Å²) in [7, 11) is 0. The second-order valence-electron chi connectivity index (χ2n) is 7.85. The van der Waals surface area contributed by atoms with Gasteiger partial charge in [0.1, 0.15) is 28.7 Å². The van der Waals surface area contributed by atoms with Crippen LogP contribution in [0, 0.1) is 11.3 Å². The molecule has 3 aromatic rings. The van der Waals surface area contributed by atoms with Crippen molar-refractivity contribution < 1.29 is 24.2 Å². The van der Waals surface area contributed by atoms with Gasteiger partial charge < -0.3 is 14.6 Å². The van der Waals surface area contributed by atoms with Crippen LogP contribution >= 0.6 is 23.4 Å². The highest BCUT2D eigenvalue weighted by Crippen LogP contribution is 2.40. The van der Waals surface area contributed by atoms with Gasteiger partial charge in [0.25, 0.3) is 5.91 Å². The third kappa shape index (κ3) is 5.97. The van der Waals surface area contributed by atoms with Gasteiger partial charge in [0, 0.05) is 11.1 Å². The first-order chi connectivity index (χ1) is 18.4. The third-order valence-corrected chi connectivity index (χ3v) is 6.75. The van der Waals surface area contributed by atoms with Crippen molar-refractivity contribution in [2.75, 3.05) is 6.61 Å². The number of rotatable bonds is 7. The van der Waals surface area contributed by atoms with E-state index < -0.39 is 11.9 Å². The summed E-state index contributed by atoms with van der Waals surface area (Å²) in [5, 5.41) is 20.5. The largest absolute Gasteiger partial charge is 0.506 e. The molecule has 0 bridgehead atoms. The summed E-state index contributed by atoms with van der Waals surface area (Å²) >= 11 is 7.09. The fraction of sp³-hybridized carbons (Fsp3) is 0.103. The molecule has 0 spiro atoms. The third-order valence-electron chi connectivity index (χ3n) is 5.40. The number of nitriles is 1. The van der Waals surface area contributed by atoms with E-state index in [0.717, 1.165) is 17.3 Å². The predicted octanol–water partition coefficient (Wildman–Crippen LogP) is 6.49. The average molecular weight is 545 g/mol. The van der Waals surface area contributed by atoms with Crippen LogP contribution in [-0.4, -0.2) is 28.6 Å². The molecule has 9 heteroatoms. The number of nitrogens with zero attached hydrogens (tertiary/aromatic N) is 2. The van der Waals surface area contributed by atoms with Crippen molar-refractivity contribution in [3.05, 3.63) is 116 Å². The Kier molecular flexibility index (Phi) is 8.64. The number of aliphatic imine (C=N–C) groups is 1. The Morgan fingerprint density at radius 3 is 2.55 bits per heavy atom. The van der Waals surface area contributed by atoms with Gasteiger partial charge in [-0.1, -0.05) is 71.9 Å². The van der Waals surface area contributed by atoms with Crippen LogP contribution in [0.25, 0.3) is 6.08 Å². The lowest BCUT2D eigenvalue weighted by Crippen LogP contribution is -2.14. The lowest BCUT2D eigenvalue weighted by atomic mass is 10.1. The highest BCUT2D eigenvalue weighted by molar-refractivity contribution is 8.18. The maximum absolute atomic E-state index is 12.8. The van der Waals surface area contributed by atoms with Gasteiger partial charge in [-0.3, -0.25) is 4.79 Å². The van der Waals surface area contributed by atoms with Crippen LogP contribution in [0.3, 0.4) is 0 Å². The molecule has 1 amide bonds. The lowest BCUT2D eigenvalue weighted by molar-refractivity contribution is -0.138. The molecule has 0 aromatic heterocycles. The first-order valence-electron chi connectivity index (χ1n) is 11.5. The zero-order valence-corrected chi connectivity index (χ0v) is 21.8. The summed E-state index contributed by atoms with van der Waals surface area (Å²) in [6.07, 6.45) is 1.63. The zero-order valence-electron chi connectivity index (χ0n) is 20.2. The maximum Gasteiger partial charge on any atom is 0.344 e. The van der Waals surface area contributed by atoms with E-state index in [1.54, 1.807) is 67.6 Å². The quantitative estimate of drug-likeness (QED) is 0.338. The lowest BCUT2D eigenvalue weighted by Gasteiger charge is -2.11. The summed E-state index contributed by atoms with van der Waals surface area (Å²) in [5.74, 6) is -1.32. The van der Waals surface area contributed by atoms with Gasteiger partial charge >= 0.3 is 5.97 Å². The molecule has 38 heavy (non-hydrogen) atoms. The summed E-state index contributed by atoms with van der Waals surface area (Å²) in [6.45, 7) is 1.87. The van der Waals surface area contributed by atoms with E-state index in [1.807, 2.05) is 12.1 Å². The van der Waals surface area contributed by atoms with Crippen LogP contribution in [0.1, 0.15) is 34.0 Å². The standard InChI is InChI=1S/C29H21ClN2O5S/c1-2-36-29(35)25-26(33)24(38-28(25)32-27(34)21-12-6-7-13-22(21)30)15-18-9-5-8-14-23(18)37-17-20-11-4-3-10-19(20)16-31/h3-15,33H,2,17H2,1H3/b24-15-,32-28?. The van der Waals surface area contributed by atoms with Gasteiger partial charge in [-0.05, 0) is 37.3 Å². The molecule has 3 aromatic carbocycles. The highest BCUT2D eigenvalue weighted by Gasteiger charge is 2.34. The van der Waals surface area contributed by atoms with Crippen LogP contribution in [-0.2, 0) is 16.1 Å². The molecule has 7 nitrogen and oxygen atoms in total. The molecular weight excluding hydrogens is 524 g/mol. The van der Waals surface area contributed by atoms with Gasteiger partial charge in [0.05, 0.1) is 33.7 Å². The molecule has 4 rings (SSSR count). The first-order valence-corrected chi connectivity index (χ1v) is 12.7. The second kappa shape index (κ2) is 12.3. The molecule has 1 aliphatic heterocycles. The molecular formula is C29H21ClN2O5S. The number of aliphatic hydroxyl groups is 1. The normalized spacial score (nSPS) is 15.0. The highest BCUT2D eigenvalue weighted by atomic mass is 35.5. The molecule has 0 atom stereocenters. The SMILES string of the molecule is CCOC(=O)C1=C(O)/C(=C/c2ccccc2OCc2ccccc2C#N)SC1=NC(=O)c1ccccc1Cl. The monoisotopic (exact) mass is 544 g/mol. The topological polar surface area (TPSA) is 109 Å². The number of hydrogen-bond donors (Lipinski definition) is 1. The van der Waals surface area contributed by atoms with Gasteiger partial charge in [-0.2, -0.15) is 5.26 Å². The molecule has 0 unspecified atom stereocenters. The minimum absolute atomic E-state index is 0.00142. The van der Waals surface area contributed by atoms with E-state index in [1.165, 1.54) is 6.07 Å². The number of aliphatic hydroxyl groups excluding tert-OH is 1. The van der Waals surface area contributed by atoms with Gasteiger partial charge in [0.15, 0.2) is 0 Å². The van der Waals surface area contributed by atoms with Crippen LogP contribution in [0.15, 0.2) is 94.0 Å². The van der Waals surface area contributed by atoms with E-state index in [2.05, 4.69) is 11.1 Å². The number of esters is 1. The fourth-order valence-corrected chi connectivity index (χ4v) is 4.78. The van der Waals surface area contributed by atoms with Crippen molar-refractivity contribution in [2.24, 2.45) is 4.99 Å². The molecule has 0 aliphatic carbocycles. The van der Waals surface area contributed by atoms with Gasteiger partial charge in [-0.25, -0.2) is 9.79 Å². The number of benzene rings is 3. The Bertz CT molecular complexity index is 1540. The average Bonchev–Trinajstić information content (AvgIpc) is 3.22. The molecule has 1 heterocycles. The van der Waals surface area contributed by atoms with Crippen molar-refractivity contribution in [1.29, 1.82) is 5.26 Å². The Morgan fingerprint density at radius 1 is 1.08 bits per heavy atom. The van der Waals surface area contributed by atoms with Gasteiger partial charge in [-0.15, -0.1) is 0 Å². The van der Waals surface area contributed by atoms with Crippen molar-refractivity contribution in [1.82, 2.24) is 0 Å². The number of thioether (sulfide) groups is 1. The molecule has 190 valence electrons. The number of carbonyl (C=O) groups excluding carboxylic acids is 2. The second-order valence-corrected chi connectivity index (χ2v) is 9.29. The Morgan fingerprint density at radius 2 is 1.79 bits per heavy atom. The van der Waals surface area contributed by atoms with Crippen molar-refractivity contribution in [3.8, 4) is 11.8 Å². The maximum atomic E-state index is 12.8. The number of hydrogen-bond acceptors (Lipinski definition) is 7. The Hall–Kier alpha value is -4.32. The van der Waals surface area contributed by atoms with Crippen molar-refractivity contribution in [3.63, 3.8) is 0 Å². The van der Waals surface area contributed by atoms with Crippen LogP contribution < -0.4 is 4.74 Å². The first kappa shape index (κ1) is 26.7. The van der Waals surface area contributed by atoms with Crippen molar-refractivity contribution >= 4 is 46.4 Å². The zero-order chi connectivity index (χ0) is 27.1. The van der Waals surface area contributed by atoms with Crippen LogP contribution in [0.5, 0.6) is 5.75 Å². The van der Waals surface area contributed by atoms with E-state index in [-0.39, 0.29) is 45.1 Å². The summed E-state index contributed by atoms with van der Waals surface area (Å²) in [6, 6.07) is 22.8. The fourth-order valence-electron chi connectivity index (χ4n) is 3.56. The number of ether oxygens (including phenoxy) is 2. The molecule has 1 aliphatic rings. The van der Waals surface area contributed by atoms with E-state index in [4.69, 9.17) is 21.1 Å². The minimum atomic E-state index is -0.802. The molecule has 0 saturated heterocycles. The number of halogens is 1. The van der Waals surface area contributed by atoms with Crippen LogP contribution in [0.4, 0.5) is 0 Å². The molecule has 0 fully saturated rings. The summed E-state index contributed by atoms with van der Waals surface area (Å²) in [4.78, 5) is 29.9. The molecule has 0 radical (unpaired) electrons. The van der Waals surface area contributed by atoms with Gasteiger partial charge in [0.2, 0.25) is 0 Å². The summed E-state index contributed by atoms with van der Waals surface area (Å²) in [5.41, 5.74) is 1.81. The minimum Gasteiger partial charge on any atom is -0.506 e. The van der Waals surface area contributed by atoms with Crippen LogP contribution in [0.2, 0.25) is 5.02 Å². The number of carbonyl (C=O) groups is 2. The summed E-state index contributed by atoms with van der Waals surface area (Å²) < 4.78 is 11.1. The molecule has 0 saturated carbocycles. The molecule has 1 N–H and O–H groups in total. The van der Waals surface area contributed by atoms with E-state index in [0.29, 0.717) is 16.9 Å². The number of para-hydroxylation sites is 1. The van der Waals surface area contributed by atoms with E-state index in [9.17, 15) is 20.0 Å². The Labute approximate surface area is 228 Å². The van der Waals surface area contributed by atoms with Crippen molar-refractivity contribution in [2.45, 2.75) is 13.5 Å². The smallest absolute Gasteiger partial charge is 0.344 e. The predicted molar refractivity (Wildman–Crippen MR) is 147 cm³/mol. The Balaban J connectivity index is 1.68. The number of amides is 1. The van der Waals surface area contributed by atoms with E-state index >= 15 is 0 Å².